The van der Waals surface area contributed by atoms with Crippen molar-refractivity contribution in [3.05, 3.63) is 47.5 Å². The molecule has 0 unspecified atom stereocenters. The molecule has 4 nitrogen and oxygen atoms in total. The number of hydrogen-bond acceptors (Lipinski definition) is 2. The van der Waals surface area contributed by atoms with Crippen molar-refractivity contribution in [1.29, 1.82) is 0 Å². The third-order valence-corrected chi connectivity index (χ3v) is 4.26. The summed E-state index contributed by atoms with van der Waals surface area (Å²) in [6, 6.07) is 10.5. The zero-order valence-corrected chi connectivity index (χ0v) is 12.4. The van der Waals surface area contributed by atoms with Crippen molar-refractivity contribution in [2.75, 3.05) is 13.1 Å². The van der Waals surface area contributed by atoms with Gasteiger partial charge in [0, 0.05) is 24.0 Å². The molecule has 0 aliphatic carbocycles. The number of likely N-dealkylation sites (tertiary alicyclic amines) is 1. The molecule has 0 saturated carbocycles. The zero-order valence-electron chi connectivity index (χ0n) is 12.4. The number of hydrogen-bond donors (Lipinski definition) is 1. The topological polar surface area (TPSA) is 57.6 Å². The van der Waals surface area contributed by atoms with E-state index < -0.39 is 5.97 Å². The highest BCUT2D eigenvalue weighted by Crippen LogP contribution is 2.25. The molecule has 0 bridgehead atoms. The van der Waals surface area contributed by atoms with Crippen LogP contribution in [-0.2, 0) is 0 Å². The third-order valence-electron chi connectivity index (χ3n) is 4.26. The standard InChI is InChI=1S/C18H19NO3/c20-17(19-11-3-1-2-4-12-19)14-9-5-7-13-8-6-10-15(16(13)14)18(21)22/h5-10H,1-4,11-12H2,(H,21,22). The van der Waals surface area contributed by atoms with Crippen LogP contribution in [0.15, 0.2) is 36.4 Å². The second-order valence-electron chi connectivity index (χ2n) is 5.72. The van der Waals surface area contributed by atoms with E-state index in [9.17, 15) is 14.7 Å². The number of carbonyl (C=O) groups excluding carboxylic acids is 1. The van der Waals surface area contributed by atoms with Gasteiger partial charge in [0.05, 0.1) is 5.56 Å². The number of carboxylic acids is 1. The summed E-state index contributed by atoms with van der Waals surface area (Å²) in [4.78, 5) is 26.2. The quantitative estimate of drug-likeness (QED) is 0.922. The summed E-state index contributed by atoms with van der Waals surface area (Å²) >= 11 is 0. The van der Waals surface area contributed by atoms with Gasteiger partial charge in [0.15, 0.2) is 0 Å². The summed E-state index contributed by atoms with van der Waals surface area (Å²) in [7, 11) is 0. The van der Waals surface area contributed by atoms with Crippen molar-refractivity contribution in [2.45, 2.75) is 25.7 Å². The van der Waals surface area contributed by atoms with Crippen LogP contribution in [0, 0.1) is 0 Å². The van der Waals surface area contributed by atoms with E-state index in [2.05, 4.69) is 0 Å². The maximum Gasteiger partial charge on any atom is 0.336 e. The Bertz CT molecular complexity index is 710. The molecule has 0 spiro atoms. The molecule has 3 rings (SSSR count). The molecular weight excluding hydrogens is 278 g/mol. The van der Waals surface area contributed by atoms with Crippen LogP contribution in [0.5, 0.6) is 0 Å². The molecule has 0 atom stereocenters. The second kappa shape index (κ2) is 6.18. The Morgan fingerprint density at radius 1 is 0.864 bits per heavy atom. The molecule has 0 aromatic heterocycles. The van der Waals surface area contributed by atoms with E-state index in [1.807, 2.05) is 23.1 Å². The van der Waals surface area contributed by atoms with E-state index in [0.717, 1.165) is 44.2 Å². The van der Waals surface area contributed by atoms with E-state index in [-0.39, 0.29) is 11.5 Å². The van der Waals surface area contributed by atoms with Gasteiger partial charge in [0.25, 0.3) is 5.91 Å². The molecule has 1 aliphatic rings. The number of nitrogens with zero attached hydrogens (tertiary/aromatic N) is 1. The highest BCUT2D eigenvalue weighted by atomic mass is 16.4. The molecule has 1 fully saturated rings. The maximum atomic E-state index is 12.9. The summed E-state index contributed by atoms with van der Waals surface area (Å²) in [5, 5.41) is 10.8. The number of amides is 1. The summed E-state index contributed by atoms with van der Waals surface area (Å²) < 4.78 is 0. The van der Waals surface area contributed by atoms with Gasteiger partial charge in [0.2, 0.25) is 0 Å². The largest absolute Gasteiger partial charge is 0.478 e. The van der Waals surface area contributed by atoms with Crippen LogP contribution in [0.3, 0.4) is 0 Å². The lowest BCUT2D eigenvalue weighted by molar-refractivity contribution is 0.0699. The van der Waals surface area contributed by atoms with Crippen LogP contribution in [0.1, 0.15) is 46.4 Å². The van der Waals surface area contributed by atoms with E-state index in [1.54, 1.807) is 18.2 Å². The Hall–Kier alpha value is -2.36. The Morgan fingerprint density at radius 2 is 1.45 bits per heavy atom. The highest BCUT2D eigenvalue weighted by molar-refractivity contribution is 6.14. The summed E-state index contributed by atoms with van der Waals surface area (Å²) in [5.74, 6) is -1.05. The molecule has 1 aliphatic heterocycles. The fourth-order valence-electron chi connectivity index (χ4n) is 3.14. The first-order chi connectivity index (χ1) is 10.7. The van der Waals surface area contributed by atoms with Crippen molar-refractivity contribution in [3.8, 4) is 0 Å². The lowest BCUT2D eigenvalue weighted by Gasteiger charge is -2.21. The van der Waals surface area contributed by atoms with Crippen LogP contribution in [0.25, 0.3) is 10.8 Å². The van der Waals surface area contributed by atoms with Crippen LogP contribution in [0.2, 0.25) is 0 Å². The monoisotopic (exact) mass is 297 g/mol. The highest BCUT2D eigenvalue weighted by Gasteiger charge is 2.21. The zero-order chi connectivity index (χ0) is 15.5. The molecule has 1 heterocycles. The molecular formula is C18H19NO3. The maximum absolute atomic E-state index is 12.9. The first-order valence-corrected chi connectivity index (χ1v) is 7.73. The van der Waals surface area contributed by atoms with Crippen molar-refractivity contribution in [3.63, 3.8) is 0 Å². The fourth-order valence-corrected chi connectivity index (χ4v) is 3.14. The minimum atomic E-state index is -0.998. The Balaban J connectivity index is 2.09. The van der Waals surface area contributed by atoms with E-state index in [4.69, 9.17) is 0 Å². The van der Waals surface area contributed by atoms with Crippen LogP contribution in [-0.4, -0.2) is 35.0 Å². The minimum absolute atomic E-state index is 0.0544. The Kier molecular flexibility index (Phi) is 4.09. The summed E-state index contributed by atoms with van der Waals surface area (Å²) in [6.07, 6.45) is 4.34. The van der Waals surface area contributed by atoms with E-state index in [1.165, 1.54) is 0 Å². The van der Waals surface area contributed by atoms with Crippen molar-refractivity contribution >= 4 is 22.6 Å². The molecule has 22 heavy (non-hydrogen) atoms. The second-order valence-corrected chi connectivity index (χ2v) is 5.72. The van der Waals surface area contributed by atoms with Crippen LogP contribution in [0.4, 0.5) is 0 Å². The van der Waals surface area contributed by atoms with E-state index >= 15 is 0 Å². The van der Waals surface area contributed by atoms with Gasteiger partial charge in [0.1, 0.15) is 0 Å². The van der Waals surface area contributed by atoms with Crippen LogP contribution < -0.4 is 0 Å². The molecule has 1 amide bonds. The first kappa shape index (κ1) is 14.6. The number of fused-ring (bicyclic) bond motifs is 1. The molecule has 114 valence electrons. The van der Waals surface area contributed by atoms with Gasteiger partial charge in [-0.1, -0.05) is 37.1 Å². The van der Waals surface area contributed by atoms with Gasteiger partial charge in [-0.25, -0.2) is 4.79 Å². The average molecular weight is 297 g/mol. The van der Waals surface area contributed by atoms with Crippen molar-refractivity contribution in [1.82, 2.24) is 4.90 Å². The van der Waals surface area contributed by atoms with Crippen LogP contribution >= 0.6 is 0 Å². The smallest absolute Gasteiger partial charge is 0.336 e. The molecule has 2 aromatic carbocycles. The number of benzene rings is 2. The lowest BCUT2D eigenvalue weighted by Crippen LogP contribution is -2.32. The van der Waals surface area contributed by atoms with Crippen molar-refractivity contribution < 1.29 is 14.7 Å². The predicted octanol–water partition coefficient (Wildman–Crippen LogP) is 3.55. The molecule has 4 heteroatoms. The van der Waals surface area contributed by atoms with E-state index in [0.29, 0.717) is 10.9 Å². The fraction of sp³-hybridized carbons (Fsp3) is 0.333. The number of rotatable bonds is 2. The number of carboxylic acid groups (broad SMARTS) is 1. The third kappa shape index (κ3) is 2.69. The van der Waals surface area contributed by atoms with Gasteiger partial charge in [-0.15, -0.1) is 0 Å². The molecule has 0 radical (unpaired) electrons. The number of aromatic carboxylic acids is 1. The van der Waals surface area contributed by atoms with Crippen molar-refractivity contribution in [2.24, 2.45) is 0 Å². The minimum Gasteiger partial charge on any atom is -0.478 e. The summed E-state index contributed by atoms with van der Waals surface area (Å²) in [5.41, 5.74) is 0.689. The van der Waals surface area contributed by atoms with Gasteiger partial charge >= 0.3 is 5.97 Å². The summed E-state index contributed by atoms with van der Waals surface area (Å²) in [6.45, 7) is 1.51. The van der Waals surface area contributed by atoms with Gasteiger partial charge in [-0.05, 0) is 30.4 Å². The lowest BCUT2D eigenvalue weighted by atomic mass is 9.98. The SMILES string of the molecule is O=C(O)c1cccc2cccc(C(=O)N3CCCCCC3)c12. The number of carbonyl (C=O) groups is 2. The van der Waals surface area contributed by atoms with Gasteiger partial charge in [-0.2, -0.15) is 0 Å². The predicted molar refractivity (Wildman–Crippen MR) is 85.3 cm³/mol. The molecule has 1 N–H and O–H groups in total. The van der Waals surface area contributed by atoms with Gasteiger partial charge < -0.3 is 10.0 Å². The first-order valence-electron chi connectivity index (χ1n) is 7.73. The Labute approximate surface area is 129 Å². The van der Waals surface area contributed by atoms with Gasteiger partial charge in [-0.3, -0.25) is 4.79 Å². The molecule has 2 aromatic rings. The molecule has 1 saturated heterocycles. The average Bonchev–Trinajstić information content (AvgIpc) is 2.82. The Morgan fingerprint density at radius 3 is 2.05 bits per heavy atom. The normalized spacial score (nSPS) is 15.5.